The second kappa shape index (κ2) is 6.00. The zero-order chi connectivity index (χ0) is 13.0. The van der Waals surface area contributed by atoms with Gasteiger partial charge in [0.05, 0.1) is 4.92 Å². The van der Waals surface area contributed by atoms with E-state index >= 15 is 0 Å². The van der Waals surface area contributed by atoms with E-state index in [0.29, 0.717) is 6.54 Å². The number of pyridine rings is 1. The summed E-state index contributed by atoms with van der Waals surface area (Å²) in [6, 6.07) is 2.81. The Morgan fingerprint density at radius 2 is 2.17 bits per heavy atom. The van der Waals surface area contributed by atoms with Gasteiger partial charge in [-0.1, -0.05) is 37.3 Å². The van der Waals surface area contributed by atoms with E-state index in [0.717, 1.165) is 12.3 Å². The van der Waals surface area contributed by atoms with Gasteiger partial charge in [0.1, 0.15) is 5.15 Å². The minimum atomic E-state index is -0.443. The van der Waals surface area contributed by atoms with E-state index in [1.165, 1.54) is 37.8 Å². The number of nitrogens with zero attached hydrogens (tertiary/aromatic N) is 2. The maximum Gasteiger partial charge on any atom is 0.311 e. The molecule has 0 unspecified atom stereocenters. The highest BCUT2D eigenvalue weighted by molar-refractivity contribution is 6.29. The predicted molar refractivity (Wildman–Crippen MR) is 71.0 cm³/mol. The summed E-state index contributed by atoms with van der Waals surface area (Å²) in [4.78, 5) is 14.4. The van der Waals surface area contributed by atoms with Crippen molar-refractivity contribution in [2.45, 2.75) is 32.1 Å². The van der Waals surface area contributed by atoms with E-state index in [9.17, 15) is 10.1 Å². The van der Waals surface area contributed by atoms with Gasteiger partial charge in [0.2, 0.25) is 5.82 Å². The van der Waals surface area contributed by atoms with Crippen molar-refractivity contribution in [3.63, 3.8) is 0 Å². The van der Waals surface area contributed by atoms with E-state index in [-0.39, 0.29) is 16.7 Å². The second-order valence-corrected chi connectivity index (χ2v) is 5.01. The summed E-state index contributed by atoms with van der Waals surface area (Å²) in [5.41, 5.74) is -0.0224. The van der Waals surface area contributed by atoms with Crippen LogP contribution >= 0.6 is 11.6 Å². The summed E-state index contributed by atoms with van der Waals surface area (Å²) in [6.45, 7) is 0.707. The lowest BCUT2D eigenvalue weighted by Crippen LogP contribution is -2.09. The number of hydrogen-bond acceptors (Lipinski definition) is 4. The highest BCUT2D eigenvalue weighted by Gasteiger charge is 2.17. The Balaban J connectivity index is 1.94. The van der Waals surface area contributed by atoms with Crippen molar-refractivity contribution < 1.29 is 4.92 Å². The van der Waals surface area contributed by atoms with E-state index in [2.05, 4.69) is 10.3 Å². The molecule has 1 fully saturated rings. The molecule has 1 aromatic rings. The number of rotatable bonds is 5. The van der Waals surface area contributed by atoms with Crippen molar-refractivity contribution in [3.8, 4) is 0 Å². The van der Waals surface area contributed by atoms with Crippen LogP contribution in [0.2, 0.25) is 5.15 Å². The van der Waals surface area contributed by atoms with Crippen LogP contribution in [0, 0.1) is 16.0 Å². The summed E-state index contributed by atoms with van der Waals surface area (Å²) in [7, 11) is 0. The van der Waals surface area contributed by atoms with Gasteiger partial charge in [0.25, 0.3) is 0 Å². The molecule has 1 aromatic heterocycles. The molecule has 0 spiro atoms. The molecule has 5 nitrogen and oxygen atoms in total. The van der Waals surface area contributed by atoms with Gasteiger partial charge in [-0.15, -0.1) is 0 Å². The fourth-order valence-electron chi connectivity index (χ4n) is 2.40. The molecule has 0 aliphatic heterocycles. The van der Waals surface area contributed by atoms with Crippen LogP contribution < -0.4 is 5.32 Å². The number of halogens is 1. The van der Waals surface area contributed by atoms with Crippen molar-refractivity contribution in [1.82, 2.24) is 4.98 Å². The normalized spacial score (nSPS) is 15.8. The first kappa shape index (κ1) is 13.1. The smallest absolute Gasteiger partial charge is 0.311 e. The average molecular weight is 270 g/mol. The van der Waals surface area contributed by atoms with Crippen LogP contribution in [-0.4, -0.2) is 16.5 Å². The molecule has 0 amide bonds. The third-order valence-electron chi connectivity index (χ3n) is 3.36. The van der Waals surface area contributed by atoms with Crippen molar-refractivity contribution in [3.05, 3.63) is 27.4 Å². The first-order chi connectivity index (χ1) is 8.66. The molecule has 98 valence electrons. The van der Waals surface area contributed by atoms with E-state index in [1.807, 2.05) is 0 Å². The van der Waals surface area contributed by atoms with Crippen LogP contribution in [0.3, 0.4) is 0 Å². The molecule has 1 heterocycles. The quantitative estimate of drug-likeness (QED) is 0.503. The molecule has 1 saturated carbocycles. The number of anilines is 1. The van der Waals surface area contributed by atoms with Crippen LogP contribution in [0.15, 0.2) is 12.1 Å². The fourth-order valence-corrected chi connectivity index (χ4v) is 2.55. The molecule has 0 atom stereocenters. The molecule has 0 radical (unpaired) electrons. The monoisotopic (exact) mass is 269 g/mol. The topological polar surface area (TPSA) is 68.1 Å². The van der Waals surface area contributed by atoms with Gasteiger partial charge in [-0.25, -0.2) is 4.98 Å². The molecule has 18 heavy (non-hydrogen) atoms. The Hall–Kier alpha value is -1.36. The van der Waals surface area contributed by atoms with Gasteiger partial charge in [-0.3, -0.25) is 10.1 Å². The third kappa shape index (κ3) is 3.32. The van der Waals surface area contributed by atoms with Crippen molar-refractivity contribution >= 4 is 23.1 Å². The minimum Gasteiger partial charge on any atom is -0.364 e. The predicted octanol–water partition coefficient (Wildman–Crippen LogP) is 3.64. The second-order valence-electron chi connectivity index (χ2n) is 4.62. The SMILES string of the molecule is O=[N+]([O-])c1ccc(Cl)nc1NCCC1CCCC1. The highest BCUT2D eigenvalue weighted by atomic mass is 35.5. The lowest BCUT2D eigenvalue weighted by Gasteiger charge is -2.10. The Kier molecular flexibility index (Phi) is 4.36. The summed E-state index contributed by atoms with van der Waals surface area (Å²) in [5, 5.41) is 14.1. The van der Waals surface area contributed by atoms with Crippen LogP contribution in [0.1, 0.15) is 32.1 Å². The van der Waals surface area contributed by atoms with E-state index in [1.54, 1.807) is 0 Å². The first-order valence-electron chi connectivity index (χ1n) is 6.21. The molecule has 1 N–H and O–H groups in total. The van der Waals surface area contributed by atoms with Gasteiger partial charge in [-0.05, 0) is 18.4 Å². The molecule has 0 bridgehead atoms. The van der Waals surface area contributed by atoms with Crippen LogP contribution in [0.5, 0.6) is 0 Å². The Morgan fingerprint density at radius 3 is 2.83 bits per heavy atom. The summed E-state index contributed by atoms with van der Waals surface area (Å²) in [6.07, 6.45) is 6.19. The van der Waals surface area contributed by atoms with E-state index in [4.69, 9.17) is 11.6 Å². The van der Waals surface area contributed by atoms with Crippen molar-refractivity contribution in [2.75, 3.05) is 11.9 Å². The summed E-state index contributed by atoms with van der Waals surface area (Å²) >= 11 is 5.75. The minimum absolute atomic E-state index is 0.0224. The zero-order valence-corrected chi connectivity index (χ0v) is 10.8. The number of hydrogen-bond donors (Lipinski definition) is 1. The first-order valence-corrected chi connectivity index (χ1v) is 6.59. The Bertz CT molecular complexity index is 433. The Labute approximate surface area is 111 Å². The van der Waals surface area contributed by atoms with Crippen LogP contribution in [-0.2, 0) is 0 Å². The molecular weight excluding hydrogens is 254 g/mol. The van der Waals surface area contributed by atoms with Gasteiger partial charge < -0.3 is 5.32 Å². The molecule has 1 aliphatic rings. The molecule has 0 saturated heterocycles. The lowest BCUT2D eigenvalue weighted by molar-refractivity contribution is -0.384. The maximum absolute atomic E-state index is 10.8. The lowest BCUT2D eigenvalue weighted by atomic mass is 10.0. The fraction of sp³-hybridized carbons (Fsp3) is 0.583. The van der Waals surface area contributed by atoms with Crippen LogP contribution in [0.4, 0.5) is 11.5 Å². The zero-order valence-electron chi connectivity index (χ0n) is 10.1. The summed E-state index contributed by atoms with van der Waals surface area (Å²) in [5.74, 6) is 1.02. The standard InChI is InChI=1S/C12H16ClN3O2/c13-11-6-5-10(16(17)18)12(15-11)14-8-7-9-3-1-2-4-9/h5-6,9H,1-4,7-8H2,(H,14,15). The number of nitro groups is 1. The average Bonchev–Trinajstić information content (AvgIpc) is 2.82. The van der Waals surface area contributed by atoms with Crippen molar-refractivity contribution in [1.29, 1.82) is 0 Å². The summed E-state index contributed by atoms with van der Waals surface area (Å²) < 4.78 is 0. The van der Waals surface area contributed by atoms with Gasteiger partial charge >= 0.3 is 5.69 Å². The van der Waals surface area contributed by atoms with E-state index < -0.39 is 4.92 Å². The molecule has 1 aliphatic carbocycles. The molecule has 6 heteroatoms. The molecule has 2 rings (SSSR count). The van der Waals surface area contributed by atoms with Gasteiger partial charge in [-0.2, -0.15) is 0 Å². The van der Waals surface area contributed by atoms with Crippen molar-refractivity contribution in [2.24, 2.45) is 5.92 Å². The highest BCUT2D eigenvalue weighted by Crippen LogP contribution is 2.28. The Morgan fingerprint density at radius 1 is 1.44 bits per heavy atom. The maximum atomic E-state index is 10.8. The number of nitrogens with one attached hydrogen (secondary N) is 1. The number of aromatic nitrogens is 1. The van der Waals surface area contributed by atoms with Gasteiger partial charge in [0, 0.05) is 12.6 Å². The molecular formula is C12H16ClN3O2. The third-order valence-corrected chi connectivity index (χ3v) is 3.57. The van der Waals surface area contributed by atoms with Gasteiger partial charge in [0.15, 0.2) is 0 Å². The largest absolute Gasteiger partial charge is 0.364 e. The van der Waals surface area contributed by atoms with Crippen LogP contribution in [0.25, 0.3) is 0 Å². The molecule has 0 aromatic carbocycles.